The van der Waals surface area contributed by atoms with Gasteiger partial charge in [-0.3, -0.25) is 9.79 Å². The maximum absolute atomic E-state index is 11.8. The Balaban J connectivity index is 1.57. The molecular formula is C27H24N4O4S. The van der Waals surface area contributed by atoms with Crippen molar-refractivity contribution in [3.63, 3.8) is 0 Å². The Morgan fingerprint density at radius 2 is 1.94 bits per heavy atom. The first kappa shape index (κ1) is 23.4. The summed E-state index contributed by atoms with van der Waals surface area (Å²) < 4.78 is 18.1. The maximum atomic E-state index is 11.8. The van der Waals surface area contributed by atoms with Crippen molar-refractivity contribution in [3.05, 3.63) is 88.0 Å². The van der Waals surface area contributed by atoms with Crippen LogP contribution >= 0.6 is 11.3 Å². The number of amides is 1. The van der Waals surface area contributed by atoms with Crippen molar-refractivity contribution >= 4 is 29.1 Å². The van der Waals surface area contributed by atoms with E-state index in [1.54, 1.807) is 25.1 Å². The van der Waals surface area contributed by atoms with Gasteiger partial charge in [0.25, 0.3) is 5.91 Å². The van der Waals surface area contributed by atoms with Crippen molar-refractivity contribution in [3.8, 4) is 28.5 Å². The monoisotopic (exact) mass is 500 g/mol. The molecule has 0 fully saturated rings. The second-order valence-corrected chi connectivity index (χ2v) is 8.75. The lowest BCUT2D eigenvalue weighted by atomic mass is 10.1. The Kier molecular flexibility index (Phi) is 6.81. The van der Waals surface area contributed by atoms with Crippen LogP contribution in [0.15, 0.2) is 82.2 Å². The highest BCUT2D eigenvalue weighted by molar-refractivity contribution is 7.07. The fourth-order valence-electron chi connectivity index (χ4n) is 3.75. The third-order valence-corrected chi connectivity index (χ3v) is 6.44. The second kappa shape index (κ2) is 10.5. The van der Waals surface area contributed by atoms with Gasteiger partial charge in [0.1, 0.15) is 17.2 Å². The van der Waals surface area contributed by atoms with Crippen LogP contribution in [0.3, 0.4) is 0 Å². The number of hydrogen-bond acceptors (Lipinski definition) is 7. The molecule has 0 radical (unpaired) electrons. The summed E-state index contributed by atoms with van der Waals surface area (Å²) in [6.07, 6.45) is 1.74. The van der Waals surface area contributed by atoms with Crippen LogP contribution in [0.5, 0.6) is 17.2 Å². The van der Waals surface area contributed by atoms with E-state index in [0.717, 1.165) is 27.2 Å². The summed E-state index contributed by atoms with van der Waals surface area (Å²) in [5.74, 6) is 1.80. The second-order valence-electron chi connectivity index (χ2n) is 7.92. The number of rotatable bonds is 7. The summed E-state index contributed by atoms with van der Waals surface area (Å²) in [4.78, 5) is 17.4. The van der Waals surface area contributed by atoms with Gasteiger partial charge < -0.3 is 19.5 Å². The Bertz CT molecular complexity index is 1490. The van der Waals surface area contributed by atoms with Gasteiger partial charge >= 0.3 is 0 Å². The van der Waals surface area contributed by atoms with Gasteiger partial charge in [0.15, 0.2) is 6.61 Å². The van der Waals surface area contributed by atoms with Crippen LogP contribution in [0.1, 0.15) is 11.1 Å². The summed E-state index contributed by atoms with van der Waals surface area (Å²) in [6, 6.07) is 21.3. The number of methoxy groups -OCH3 is 2. The van der Waals surface area contributed by atoms with Gasteiger partial charge in [0.2, 0.25) is 4.80 Å². The zero-order valence-electron chi connectivity index (χ0n) is 19.8. The Hall–Kier alpha value is -4.37. The molecule has 0 aliphatic carbocycles. The normalized spacial score (nSPS) is 13.3. The van der Waals surface area contributed by atoms with Crippen LogP contribution < -0.4 is 24.3 Å². The summed E-state index contributed by atoms with van der Waals surface area (Å²) in [5.41, 5.74) is 4.23. The SMILES string of the molecule is COc1ccc(C=Nn2c(-c3ccc4c(c3)NC(=O)CO4)csc2=NCc2ccccc2)c(OC)c1. The van der Waals surface area contributed by atoms with Gasteiger partial charge in [-0.15, -0.1) is 11.3 Å². The number of nitrogens with one attached hydrogen (secondary N) is 1. The maximum Gasteiger partial charge on any atom is 0.262 e. The fourth-order valence-corrected chi connectivity index (χ4v) is 4.58. The topological polar surface area (TPSA) is 86.4 Å². The molecule has 0 saturated heterocycles. The van der Waals surface area contributed by atoms with Crippen molar-refractivity contribution in [2.75, 3.05) is 26.1 Å². The first-order valence-corrected chi connectivity index (χ1v) is 12.1. The number of carbonyl (C=O) groups is 1. The van der Waals surface area contributed by atoms with Gasteiger partial charge in [-0.25, -0.2) is 4.68 Å². The standard InChI is InChI=1S/C27H24N4O4S/c1-33-21-10-8-20(25(13-21)34-2)15-29-31-23(17-36-27(31)28-14-18-6-4-3-5-7-18)19-9-11-24-22(12-19)30-26(32)16-35-24/h3-13,15,17H,14,16H2,1-2H3,(H,30,32). The van der Waals surface area contributed by atoms with Gasteiger partial charge in [-0.1, -0.05) is 30.3 Å². The molecule has 5 rings (SSSR count). The highest BCUT2D eigenvalue weighted by Gasteiger charge is 2.18. The van der Waals surface area contributed by atoms with E-state index in [2.05, 4.69) is 5.32 Å². The number of ether oxygens (including phenoxy) is 3. The molecule has 9 heteroatoms. The van der Waals surface area contributed by atoms with E-state index in [1.165, 1.54) is 11.3 Å². The molecule has 1 aromatic heterocycles. The quantitative estimate of drug-likeness (QED) is 0.377. The minimum atomic E-state index is -0.180. The molecule has 2 heterocycles. The fraction of sp³-hybridized carbons (Fsp3) is 0.148. The van der Waals surface area contributed by atoms with Gasteiger partial charge in [-0.2, -0.15) is 5.10 Å². The molecule has 3 aromatic carbocycles. The molecular weight excluding hydrogens is 476 g/mol. The number of benzene rings is 3. The van der Waals surface area contributed by atoms with E-state index < -0.39 is 0 Å². The van der Waals surface area contributed by atoms with E-state index in [0.29, 0.717) is 29.5 Å². The van der Waals surface area contributed by atoms with E-state index in [4.69, 9.17) is 24.3 Å². The Morgan fingerprint density at radius 3 is 2.75 bits per heavy atom. The molecule has 4 aromatic rings. The zero-order valence-corrected chi connectivity index (χ0v) is 20.6. The number of carbonyl (C=O) groups excluding carboxylic acids is 1. The lowest BCUT2D eigenvalue weighted by molar-refractivity contribution is -0.118. The lowest BCUT2D eigenvalue weighted by Gasteiger charge is -2.18. The molecule has 0 saturated carbocycles. The third-order valence-electron chi connectivity index (χ3n) is 5.59. The number of thiazole rings is 1. The number of hydrogen-bond donors (Lipinski definition) is 1. The van der Waals surface area contributed by atoms with Gasteiger partial charge in [-0.05, 0) is 35.9 Å². The molecule has 1 N–H and O–H groups in total. The molecule has 36 heavy (non-hydrogen) atoms. The Labute approximate surface area is 212 Å². The summed E-state index contributed by atoms with van der Waals surface area (Å²) in [5, 5.41) is 9.65. The average molecular weight is 501 g/mol. The van der Waals surface area contributed by atoms with Crippen LogP contribution in [0.2, 0.25) is 0 Å². The van der Waals surface area contributed by atoms with Gasteiger partial charge in [0, 0.05) is 22.6 Å². The minimum Gasteiger partial charge on any atom is -0.497 e. The smallest absolute Gasteiger partial charge is 0.262 e. The zero-order chi connectivity index (χ0) is 24.9. The van der Waals surface area contributed by atoms with Crippen LogP contribution in [-0.2, 0) is 11.3 Å². The van der Waals surface area contributed by atoms with E-state index in [1.807, 2.05) is 72.1 Å². The van der Waals surface area contributed by atoms with Crippen molar-refractivity contribution < 1.29 is 19.0 Å². The number of nitrogens with zero attached hydrogens (tertiary/aromatic N) is 3. The average Bonchev–Trinajstić information content (AvgIpc) is 3.33. The van der Waals surface area contributed by atoms with E-state index in [9.17, 15) is 4.79 Å². The minimum absolute atomic E-state index is 0.0152. The molecule has 0 bridgehead atoms. The van der Waals surface area contributed by atoms with Crippen LogP contribution in [0, 0.1) is 0 Å². The first-order valence-electron chi connectivity index (χ1n) is 11.2. The molecule has 0 spiro atoms. The van der Waals surface area contributed by atoms with Crippen molar-refractivity contribution in [1.29, 1.82) is 0 Å². The molecule has 8 nitrogen and oxygen atoms in total. The summed E-state index contributed by atoms with van der Waals surface area (Å²) in [6.45, 7) is 0.539. The van der Waals surface area contributed by atoms with Crippen molar-refractivity contribution in [1.82, 2.24) is 4.68 Å². The number of aromatic nitrogens is 1. The predicted octanol–water partition coefficient (Wildman–Crippen LogP) is 4.55. The lowest BCUT2D eigenvalue weighted by Crippen LogP contribution is -2.25. The summed E-state index contributed by atoms with van der Waals surface area (Å²) >= 11 is 1.49. The first-order chi connectivity index (χ1) is 17.6. The van der Waals surface area contributed by atoms with Crippen molar-refractivity contribution in [2.45, 2.75) is 6.54 Å². The van der Waals surface area contributed by atoms with Crippen LogP contribution in [0.4, 0.5) is 5.69 Å². The van der Waals surface area contributed by atoms with Crippen LogP contribution in [-0.4, -0.2) is 37.6 Å². The Morgan fingerprint density at radius 1 is 1.08 bits per heavy atom. The molecule has 0 unspecified atom stereocenters. The largest absolute Gasteiger partial charge is 0.497 e. The highest BCUT2D eigenvalue weighted by atomic mass is 32.1. The number of anilines is 1. The van der Waals surface area contributed by atoms with E-state index in [-0.39, 0.29) is 12.5 Å². The number of fused-ring (bicyclic) bond motifs is 1. The van der Waals surface area contributed by atoms with Crippen LogP contribution in [0.25, 0.3) is 11.3 Å². The molecule has 182 valence electrons. The molecule has 0 atom stereocenters. The van der Waals surface area contributed by atoms with Gasteiger partial charge in [0.05, 0.1) is 38.4 Å². The van der Waals surface area contributed by atoms with Crippen molar-refractivity contribution in [2.24, 2.45) is 10.1 Å². The van der Waals surface area contributed by atoms with E-state index >= 15 is 0 Å². The molecule has 1 aliphatic heterocycles. The third kappa shape index (κ3) is 5.01. The molecule has 1 amide bonds. The summed E-state index contributed by atoms with van der Waals surface area (Å²) in [7, 11) is 3.22. The molecule has 1 aliphatic rings. The highest BCUT2D eigenvalue weighted by Crippen LogP contribution is 2.33. The predicted molar refractivity (Wildman–Crippen MR) is 140 cm³/mol.